The van der Waals surface area contributed by atoms with E-state index < -0.39 is 12.1 Å². The quantitative estimate of drug-likeness (QED) is 0.810. The van der Waals surface area contributed by atoms with Crippen LogP contribution in [-0.2, 0) is 9.53 Å². The highest BCUT2D eigenvalue weighted by Gasteiger charge is 2.21. The first-order chi connectivity index (χ1) is 12.0. The Morgan fingerprint density at radius 1 is 1.08 bits per heavy atom. The van der Waals surface area contributed by atoms with Crippen LogP contribution in [0.25, 0.3) is 0 Å². The highest BCUT2D eigenvalue weighted by atomic mass is 16.5. The molecule has 1 atom stereocenters. The summed E-state index contributed by atoms with van der Waals surface area (Å²) in [4.78, 5) is 24.4. The first kappa shape index (κ1) is 18.5. The fourth-order valence-electron chi connectivity index (χ4n) is 2.37. The maximum atomic E-state index is 12.6. The van der Waals surface area contributed by atoms with E-state index in [2.05, 4.69) is 5.32 Å². The van der Waals surface area contributed by atoms with Crippen molar-refractivity contribution in [2.24, 2.45) is 0 Å². The summed E-state index contributed by atoms with van der Waals surface area (Å²) in [5.74, 6) is -0.164. The lowest BCUT2D eigenvalue weighted by atomic mass is 10.1. The van der Waals surface area contributed by atoms with Crippen molar-refractivity contribution in [3.05, 3.63) is 59.2 Å². The Hall–Kier alpha value is -2.82. The predicted molar refractivity (Wildman–Crippen MR) is 97.0 cm³/mol. The molecule has 132 valence electrons. The lowest BCUT2D eigenvalue weighted by Crippen LogP contribution is -2.33. The molecule has 0 saturated carbocycles. The molecule has 5 nitrogen and oxygen atoms in total. The molecule has 0 unspecified atom stereocenters. The molecule has 0 spiro atoms. The molecule has 2 rings (SSSR count). The molecule has 0 radical (unpaired) electrons. The molecule has 0 aliphatic carbocycles. The van der Waals surface area contributed by atoms with Crippen molar-refractivity contribution in [1.29, 1.82) is 0 Å². The number of aryl methyl sites for hydroxylation is 2. The molecule has 0 bridgehead atoms. The van der Waals surface area contributed by atoms with Crippen LogP contribution >= 0.6 is 0 Å². The molecule has 0 saturated heterocycles. The molecule has 5 heteroatoms. The number of ether oxygens (including phenoxy) is 2. The largest absolute Gasteiger partial charge is 0.481 e. The van der Waals surface area contributed by atoms with E-state index in [1.54, 1.807) is 24.3 Å². The number of amides is 1. The van der Waals surface area contributed by atoms with Gasteiger partial charge in [0.1, 0.15) is 5.75 Å². The molecular formula is C20H23NO4. The van der Waals surface area contributed by atoms with Gasteiger partial charge in [-0.1, -0.05) is 25.1 Å². The van der Waals surface area contributed by atoms with Gasteiger partial charge in [-0.2, -0.15) is 0 Å². The summed E-state index contributed by atoms with van der Waals surface area (Å²) in [6.45, 7) is 5.89. The van der Waals surface area contributed by atoms with Gasteiger partial charge in [0.25, 0.3) is 5.91 Å². The van der Waals surface area contributed by atoms with Gasteiger partial charge in [0.05, 0.1) is 18.4 Å². The fraction of sp³-hybridized carbons (Fsp3) is 0.300. The number of nitrogens with one attached hydrogen (secondary N) is 1. The van der Waals surface area contributed by atoms with Crippen LogP contribution in [-0.4, -0.2) is 25.1 Å². The van der Waals surface area contributed by atoms with Gasteiger partial charge in [-0.15, -0.1) is 0 Å². The SMILES string of the molecule is CC[C@H](Oc1ccc(C)c(C)c1)C(=O)Nc1ccccc1C(=O)OC. The third-order valence-corrected chi connectivity index (χ3v) is 4.01. The number of para-hydroxylation sites is 1. The zero-order chi connectivity index (χ0) is 18.4. The van der Waals surface area contributed by atoms with Crippen molar-refractivity contribution in [3.8, 4) is 5.75 Å². The Labute approximate surface area is 148 Å². The molecule has 1 amide bonds. The lowest BCUT2D eigenvalue weighted by Gasteiger charge is -2.19. The second kappa shape index (κ2) is 8.33. The Morgan fingerprint density at radius 3 is 2.44 bits per heavy atom. The van der Waals surface area contributed by atoms with E-state index in [4.69, 9.17) is 9.47 Å². The van der Waals surface area contributed by atoms with Crippen LogP contribution in [0.5, 0.6) is 5.75 Å². The number of anilines is 1. The van der Waals surface area contributed by atoms with E-state index in [0.29, 0.717) is 23.4 Å². The number of hydrogen-bond acceptors (Lipinski definition) is 4. The summed E-state index contributed by atoms with van der Waals surface area (Å²) >= 11 is 0. The molecule has 2 aromatic carbocycles. The van der Waals surface area contributed by atoms with E-state index in [9.17, 15) is 9.59 Å². The van der Waals surface area contributed by atoms with Crippen LogP contribution in [0.4, 0.5) is 5.69 Å². The van der Waals surface area contributed by atoms with Crippen molar-refractivity contribution in [1.82, 2.24) is 0 Å². The molecule has 0 aliphatic rings. The number of methoxy groups -OCH3 is 1. The number of carbonyl (C=O) groups is 2. The second-order valence-electron chi connectivity index (χ2n) is 5.79. The van der Waals surface area contributed by atoms with Gasteiger partial charge in [0, 0.05) is 0 Å². The normalized spacial score (nSPS) is 11.5. The zero-order valence-corrected chi connectivity index (χ0v) is 15.0. The van der Waals surface area contributed by atoms with E-state index in [1.807, 2.05) is 39.0 Å². The smallest absolute Gasteiger partial charge is 0.339 e. The molecular weight excluding hydrogens is 318 g/mol. The van der Waals surface area contributed by atoms with E-state index in [-0.39, 0.29) is 5.91 Å². The van der Waals surface area contributed by atoms with Gasteiger partial charge >= 0.3 is 5.97 Å². The van der Waals surface area contributed by atoms with Gasteiger partial charge in [-0.05, 0) is 55.7 Å². The van der Waals surface area contributed by atoms with E-state index in [1.165, 1.54) is 7.11 Å². The van der Waals surface area contributed by atoms with Crippen LogP contribution < -0.4 is 10.1 Å². The fourth-order valence-corrected chi connectivity index (χ4v) is 2.37. The minimum atomic E-state index is -0.659. The van der Waals surface area contributed by atoms with Crippen LogP contribution in [0.2, 0.25) is 0 Å². The number of esters is 1. The van der Waals surface area contributed by atoms with Crippen LogP contribution in [0.3, 0.4) is 0 Å². The van der Waals surface area contributed by atoms with Crippen LogP contribution in [0.15, 0.2) is 42.5 Å². The average molecular weight is 341 g/mol. The number of hydrogen-bond donors (Lipinski definition) is 1. The van der Waals surface area contributed by atoms with Crippen molar-refractivity contribution >= 4 is 17.6 Å². The summed E-state index contributed by atoms with van der Waals surface area (Å²) in [5, 5.41) is 2.76. The average Bonchev–Trinajstić information content (AvgIpc) is 2.62. The second-order valence-corrected chi connectivity index (χ2v) is 5.79. The Balaban J connectivity index is 2.15. The summed E-state index contributed by atoms with van der Waals surface area (Å²) in [7, 11) is 1.30. The first-order valence-electron chi connectivity index (χ1n) is 8.18. The molecule has 2 aromatic rings. The van der Waals surface area contributed by atoms with E-state index >= 15 is 0 Å². The summed E-state index contributed by atoms with van der Waals surface area (Å²) < 4.78 is 10.6. The molecule has 0 fully saturated rings. The van der Waals surface area contributed by atoms with Crippen molar-refractivity contribution in [2.75, 3.05) is 12.4 Å². The first-order valence-corrected chi connectivity index (χ1v) is 8.18. The van der Waals surface area contributed by atoms with Gasteiger partial charge in [-0.3, -0.25) is 4.79 Å². The minimum absolute atomic E-state index is 0.305. The zero-order valence-electron chi connectivity index (χ0n) is 15.0. The predicted octanol–water partition coefficient (Wildman–Crippen LogP) is 3.89. The molecule has 1 N–H and O–H groups in total. The standard InChI is InChI=1S/C20H23NO4/c1-5-18(25-15-11-10-13(2)14(3)12-15)19(22)21-17-9-7-6-8-16(17)20(23)24-4/h6-12,18H,5H2,1-4H3,(H,21,22)/t18-/m0/s1. The van der Waals surface area contributed by atoms with E-state index in [0.717, 1.165) is 11.1 Å². The van der Waals surface area contributed by atoms with Gasteiger partial charge in [0.15, 0.2) is 6.10 Å². The third kappa shape index (κ3) is 4.59. The summed E-state index contributed by atoms with van der Waals surface area (Å²) in [5.41, 5.74) is 2.97. The molecule has 0 aliphatic heterocycles. The van der Waals surface area contributed by atoms with Gasteiger partial charge < -0.3 is 14.8 Å². The summed E-state index contributed by atoms with van der Waals surface area (Å²) in [6.07, 6.45) is -0.160. The number of rotatable bonds is 6. The lowest BCUT2D eigenvalue weighted by molar-refractivity contribution is -0.122. The van der Waals surface area contributed by atoms with Gasteiger partial charge in [0.2, 0.25) is 0 Å². The maximum Gasteiger partial charge on any atom is 0.339 e. The Morgan fingerprint density at radius 2 is 1.80 bits per heavy atom. The van der Waals surface area contributed by atoms with Gasteiger partial charge in [-0.25, -0.2) is 4.79 Å². The number of benzene rings is 2. The summed E-state index contributed by atoms with van der Waals surface area (Å²) in [6, 6.07) is 12.4. The molecule has 0 heterocycles. The highest BCUT2D eigenvalue weighted by Crippen LogP contribution is 2.20. The van der Waals surface area contributed by atoms with Crippen molar-refractivity contribution in [2.45, 2.75) is 33.3 Å². The molecule has 0 aromatic heterocycles. The van der Waals surface area contributed by atoms with Crippen molar-refractivity contribution in [3.63, 3.8) is 0 Å². The Kier molecular flexibility index (Phi) is 6.17. The number of carbonyl (C=O) groups excluding carboxylic acids is 2. The van der Waals surface area contributed by atoms with Crippen LogP contribution in [0.1, 0.15) is 34.8 Å². The maximum absolute atomic E-state index is 12.6. The monoisotopic (exact) mass is 341 g/mol. The van der Waals surface area contributed by atoms with Crippen LogP contribution in [0, 0.1) is 13.8 Å². The third-order valence-electron chi connectivity index (χ3n) is 4.01. The minimum Gasteiger partial charge on any atom is -0.481 e. The highest BCUT2D eigenvalue weighted by molar-refractivity contribution is 6.02. The topological polar surface area (TPSA) is 64.6 Å². The Bertz CT molecular complexity index is 770. The van der Waals surface area contributed by atoms with Crippen molar-refractivity contribution < 1.29 is 19.1 Å². The molecule has 25 heavy (non-hydrogen) atoms.